The normalized spacial score (nSPS) is 11.6. The molecular formula is C11H11F4NO3. The molecule has 4 nitrogen and oxygen atoms in total. The molecule has 0 saturated heterocycles. The number of rotatable bonds is 6. The van der Waals surface area contributed by atoms with Crippen molar-refractivity contribution in [2.75, 3.05) is 6.61 Å². The van der Waals surface area contributed by atoms with Crippen molar-refractivity contribution in [1.82, 2.24) is 0 Å². The third-order valence-electron chi connectivity index (χ3n) is 2.23. The van der Waals surface area contributed by atoms with E-state index in [1.165, 1.54) is 6.07 Å². The SMILES string of the molecule is O=[N+]([O-])c1ccc(COCCCC(F)(F)F)cc1F. The van der Waals surface area contributed by atoms with Gasteiger partial charge in [-0.15, -0.1) is 0 Å². The molecular weight excluding hydrogens is 270 g/mol. The molecule has 19 heavy (non-hydrogen) atoms. The molecule has 8 heteroatoms. The van der Waals surface area contributed by atoms with Gasteiger partial charge in [0.25, 0.3) is 0 Å². The molecule has 1 rings (SSSR count). The summed E-state index contributed by atoms with van der Waals surface area (Å²) in [5.41, 5.74) is -0.323. The quantitative estimate of drug-likeness (QED) is 0.346. The highest BCUT2D eigenvalue weighted by Crippen LogP contribution is 2.21. The molecule has 0 N–H and O–H groups in total. The highest BCUT2D eigenvalue weighted by Gasteiger charge is 2.25. The average Bonchev–Trinajstić information content (AvgIpc) is 2.26. The first-order valence-corrected chi connectivity index (χ1v) is 5.37. The minimum Gasteiger partial charge on any atom is -0.377 e. The van der Waals surface area contributed by atoms with Gasteiger partial charge < -0.3 is 4.74 Å². The number of nitrogens with zero attached hydrogens (tertiary/aromatic N) is 1. The molecule has 0 heterocycles. The van der Waals surface area contributed by atoms with Gasteiger partial charge >= 0.3 is 11.9 Å². The minimum atomic E-state index is -4.22. The van der Waals surface area contributed by atoms with Crippen molar-refractivity contribution in [2.45, 2.75) is 25.6 Å². The standard InChI is InChI=1S/C11H11F4NO3/c12-9-6-8(2-3-10(9)16(17)18)7-19-5-1-4-11(13,14)15/h2-3,6H,1,4-5,7H2. The molecule has 0 unspecified atom stereocenters. The molecule has 0 fully saturated rings. The first-order valence-electron chi connectivity index (χ1n) is 5.37. The molecule has 0 aromatic heterocycles. The van der Waals surface area contributed by atoms with Crippen LogP contribution in [0.15, 0.2) is 18.2 Å². The number of alkyl halides is 3. The predicted octanol–water partition coefficient (Wildman–Crippen LogP) is 3.59. The predicted molar refractivity (Wildman–Crippen MR) is 58.0 cm³/mol. The summed E-state index contributed by atoms with van der Waals surface area (Å²) >= 11 is 0. The number of hydrogen-bond donors (Lipinski definition) is 0. The number of ether oxygens (including phenoxy) is 1. The first-order chi connectivity index (χ1) is 8.79. The van der Waals surface area contributed by atoms with Crippen molar-refractivity contribution in [3.05, 3.63) is 39.7 Å². The average molecular weight is 281 g/mol. The number of nitro benzene ring substituents is 1. The van der Waals surface area contributed by atoms with E-state index in [1.54, 1.807) is 0 Å². The van der Waals surface area contributed by atoms with Crippen molar-refractivity contribution in [3.63, 3.8) is 0 Å². The molecule has 0 radical (unpaired) electrons. The van der Waals surface area contributed by atoms with Crippen LogP contribution in [0.1, 0.15) is 18.4 Å². The lowest BCUT2D eigenvalue weighted by atomic mass is 10.2. The van der Waals surface area contributed by atoms with Crippen molar-refractivity contribution in [2.24, 2.45) is 0 Å². The Bertz CT molecular complexity index is 448. The van der Waals surface area contributed by atoms with Crippen LogP contribution in [-0.2, 0) is 11.3 Å². The van der Waals surface area contributed by atoms with Crippen LogP contribution in [0.5, 0.6) is 0 Å². The lowest BCUT2D eigenvalue weighted by molar-refractivity contribution is -0.387. The van der Waals surface area contributed by atoms with Crippen LogP contribution in [0.2, 0.25) is 0 Å². The van der Waals surface area contributed by atoms with E-state index in [2.05, 4.69) is 0 Å². The number of halogens is 4. The maximum Gasteiger partial charge on any atom is 0.389 e. The topological polar surface area (TPSA) is 52.4 Å². The Morgan fingerprint density at radius 1 is 1.32 bits per heavy atom. The van der Waals surface area contributed by atoms with E-state index >= 15 is 0 Å². The van der Waals surface area contributed by atoms with Crippen molar-refractivity contribution < 1.29 is 27.2 Å². The summed E-state index contributed by atoms with van der Waals surface area (Å²) in [6, 6.07) is 3.22. The molecule has 0 spiro atoms. The van der Waals surface area contributed by atoms with Crippen LogP contribution >= 0.6 is 0 Å². The lowest BCUT2D eigenvalue weighted by Gasteiger charge is -2.07. The Labute approximate surface area is 106 Å². The highest BCUT2D eigenvalue weighted by atomic mass is 19.4. The Hall–Kier alpha value is -1.70. The van der Waals surface area contributed by atoms with Gasteiger partial charge in [0, 0.05) is 19.1 Å². The fourth-order valence-corrected chi connectivity index (χ4v) is 1.35. The lowest BCUT2D eigenvalue weighted by Crippen LogP contribution is -2.08. The summed E-state index contributed by atoms with van der Waals surface area (Å²) in [5, 5.41) is 10.4. The Morgan fingerprint density at radius 3 is 2.53 bits per heavy atom. The van der Waals surface area contributed by atoms with E-state index in [0.717, 1.165) is 12.1 Å². The largest absolute Gasteiger partial charge is 0.389 e. The third kappa shape index (κ3) is 5.64. The maximum atomic E-state index is 13.2. The monoisotopic (exact) mass is 281 g/mol. The Balaban J connectivity index is 2.38. The fourth-order valence-electron chi connectivity index (χ4n) is 1.35. The second kappa shape index (κ2) is 6.46. The van der Waals surface area contributed by atoms with E-state index < -0.39 is 29.0 Å². The van der Waals surface area contributed by atoms with Crippen molar-refractivity contribution in [1.29, 1.82) is 0 Å². The van der Waals surface area contributed by atoms with Crippen molar-refractivity contribution in [3.8, 4) is 0 Å². The van der Waals surface area contributed by atoms with Gasteiger partial charge in [0.1, 0.15) is 0 Å². The fraction of sp³-hybridized carbons (Fsp3) is 0.455. The first kappa shape index (κ1) is 15.4. The van der Waals surface area contributed by atoms with Crippen LogP contribution in [-0.4, -0.2) is 17.7 Å². The van der Waals surface area contributed by atoms with Crippen LogP contribution in [0.4, 0.5) is 23.2 Å². The molecule has 106 valence electrons. The van der Waals surface area contributed by atoms with Gasteiger partial charge in [0.05, 0.1) is 11.5 Å². The summed E-state index contributed by atoms with van der Waals surface area (Å²) in [6.07, 6.45) is -5.34. The Morgan fingerprint density at radius 2 is 2.00 bits per heavy atom. The van der Waals surface area contributed by atoms with Gasteiger partial charge in [-0.3, -0.25) is 10.1 Å². The van der Waals surface area contributed by atoms with Gasteiger partial charge in [0.15, 0.2) is 0 Å². The minimum absolute atomic E-state index is 0.0905. The van der Waals surface area contributed by atoms with Crippen LogP contribution in [0, 0.1) is 15.9 Å². The van der Waals surface area contributed by atoms with Gasteiger partial charge in [0.2, 0.25) is 5.82 Å². The summed E-state index contributed by atoms with van der Waals surface area (Å²) in [4.78, 5) is 9.50. The van der Waals surface area contributed by atoms with E-state index in [4.69, 9.17) is 4.74 Å². The molecule has 0 aliphatic carbocycles. The summed E-state index contributed by atoms with van der Waals surface area (Å²) in [6.45, 7) is -0.203. The van der Waals surface area contributed by atoms with E-state index in [-0.39, 0.29) is 19.6 Å². The van der Waals surface area contributed by atoms with Gasteiger partial charge in [-0.1, -0.05) is 0 Å². The van der Waals surface area contributed by atoms with Crippen molar-refractivity contribution >= 4 is 5.69 Å². The molecule has 0 saturated carbocycles. The number of nitro groups is 1. The van der Waals surface area contributed by atoms with Gasteiger partial charge in [-0.25, -0.2) is 0 Å². The Kier molecular flexibility index (Phi) is 5.22. The zero-order valence-electron chi connectivity index (χ0n) is 9.74. The number of hydrogen-bond acceptors (Lipinski definition) is 3. The highest BCUT2D eigenvalue weighted by molar-refractivity contribution is 5.34. The summed E-state index contributed by atoms with van der Waals surface area (Å²) in [5.74, 6) is -0.999. The maximum absolute atomic E-state index is 13.2. The summed E-state index contributed by atoms with van der Waals surface area (Å²) in [7, 11) is 0. The third-order valence-corrected chi connectivity index (χ3v) is 2.23. The van der Waals surface area contributed by atoms with Crippen LogP contribution < -0.4 is 0 Å². The van der Waals surface area contributed by atoms with E-state index in [1.807, 2.05) is 0 Å². The van der Waals surface area contributed by atoms with Crippen LogP contribution in [0.25, 0.3) is 0 Å². The zero-order valence-corrected chi connectivity index (χ0v) is 9.74. The van der Waals surface area contributed by atoms with E-state index in [0.29, 0.717) is 5.56 Å². The molecule has 0 aliphatic heterocycles. The second-order valence-corrected chi connectivity index (χ2v) is 3.81. The second-order valence-electron chi connectivity index (χ2n) is 3.81. The molecule has 0 bridgehead atoms. The van der Waals surface area contributed by atoms with Crippen LogP contribution in [0.3, 0.4) is 0 Å². The molecule has 1 aromatic rings. The summed E-state index contributed by atoms with van der Waals surface area (Å²) < 4.78 is 53.6. The van der Waals surface area contributed by atoms with Gasteiger partial charge in [-0.2, -0.15) is 17.6 Å². The molecule has 0 atom stereocenters. The van der Waals surface area contributed by atoms with E-state index in [9.17, 15) is 27.7 Å². The number of benzene rings is 1. The van der Waals surface area contributed by atoms with Gasteiger partial charge in [-0.05, 0) is 24.1 Å². The zero-order chi connectivity index (χ0) is 14.5. The smallest absolute Gasteiger partial charge is 0.377 e. The molecule has 0 amide bonds. The molecule has 0 aliphatic rings. The molecule has 1 aromatic carbocycles.